The minimum atomic E-state index is -0.212. The SMILES string of the molecule is CCOC(=O)C[C@H]([NH3+])c1cccnc1. The second-order valence-electron chi connectivity index (χ2n) is 2.99. The van der Waals surface area contributed by atoms with Crippen LogP contribution in [0, 0.1) is 0 Å². The molecule has 1 heterocycles. The van der Waals surface area contributed by atoms with Crippen LogP contribution in [0.1, 0.15) is 24.9 Å². The van der Waals surface area contributed by atoms with Crippen molar-refractivity contribution in [1.82, 2.24) is 4.98 Å². The van der Waals surface area contributed by atoms with Gasteiger partial charge < -0.3 is 10.5 Å². The lowest BCUT2D eigenvalue weighted by molar-refractivity contribution is -0.425. The lowest BCUT2D eigenvalue weighted by atomic mass is 10.1. The quantitative estimate of drug-likeness (QED) is 0.703. The molecule has 0 aliphatic carbocycles. The van der Waals surface area contributed by atoms with Crippen LogP contribution in [0.15, 0.2) is 24.5 Å². The van der Waals surface area contributed by atoms with E-state index < -0.39 is 0 Å². The van der Waals surface area contributed by atoms with Crippen LogP contribution < -0.4 is 5.73 Å². The maximum Gasteiger partial charge on any atom is 0.312 e. The smallest absolute Gasteiger partial charge is 0.312 e. The zero-order chi connectivity index (χ0) is 10.4. The molecule has 0 aromatic carbocycles. The van der Waals surface area contributed by atoms with Gasteiger partial charge in [0.05, 0.1) is 6.61 Å². The molecule has 0 fully saturated rings. The number of carbonyl (C=O) groups excluding carboxylic acids is 1. The molecule has 1 aromatic rings. The molecule has 14 heavy (non-hydrogen) atoms. The van der Waals surface area contributed by atoms with Gasteiger partial charge in [0.15, 0.2) is 0 Å². The van der Waals surface area contributed by atoms with Crippen LogP contribution in [0.5, 0.6) is 0 Å². The Balaban J connectivity index is 2.50. The van der Waals surface area contributed by atoms with E-state index in [2.05, 4.69) is 10.7 Å². The molecule has 0 saturated carbocycles. The van der Waals surface area contributed by atoms with Gasteiger partial charge in [-0.15, -0.1) is 0 Å². The molecule has 3 N–H and O–H groups in total. The van der Waals surface area contributed by atoms with E-state index in [1.165, 1.54) is 0 Å². The largest absolute Gasteiger partial charge is 0.466 e. The third-order valence-electron chi connectivity index (χ3n) is 1.87. The van der Waals surface area contributed by atoms with Gasteiger partial charge in [0.2, 0.25) is 0 Å². The van der Waals surface area contributed by atoms with Gasteiger partial charge in [-0.2, -0.15) is 0 Å². The third-order valence-corrected chi connectivity index (χ3v) is 1.87. The average Bonchev–Trinajstić information content (AvgIpc) is 2.19. The molecule has 0 spiro atoms. The molecule has 4 nitrogen and oxygen atoms in total. The second kappa shape index (κ2) is 5.34. The number of pyridine rings is 1. The maximum absolute atomic E-state index is 11.1. The summed E-state index contributed by atoms with van der Waals surface area (Å²) < 4.78 is 4.83. The van der Waals surface area contributed by atoms with Crippen molar-refractivity contribution >= 4 is 5.97 Å². The van der Waals surface area contributed by atoms with Gasteiger partial charge in [-0.05, 0) is 13.0 Å². The van der Waals surface area contributed by atoms with Crippen molar-refractivity contribution < 1.29 is 15.3 Å². The summed E-state index contributed by atoms with van der Waals surface area (Å²) in [7, 11) is 0. The monoisotopic (exact) mass is 195 g/mol. The number of rotatable bonds is 4. The van der Waals surface area contributed by atoms with Gasteiger partial charge >= 0.3 is 5.97 Å². The molecule has 4 heteroatoms. The van der Waals surface area contributed by atoms with Gasteiger partial charge in [0.1, 0.15) is 12.5 Å². The van der Waals surface area contributed by atoms with Crippen molar-refractivity contribution in [3.63, 3.8) is 0 Å². The molecule has 76 valence electrons. The Labute approximate surface area is 83.1 Å². The minimum Gasteiger partial charge on any atom is -0.466 e. The maximum atomic E-state index is 11.1. The zero-order valence-corrected chi connectivity index (χ0v) is 8.27. The molecule has 0 unspecified atom stereocenters. The summed E-state index contributed by atoms with van der Waals surface area (Å²) in [4.78, 5) is 15.1. The van der Waals surface area contributed by atoms with Gasteiger partial charge in [-0.25, -0.2) is 0 Å². The number of quaternary nitrogens is 1. The molecule has 0 saturated heterocycles. The molecule has 1 aromatic heterocycles. The lowest BCUT2D eigenvalue weighted by Crippen LogP contribution is -2.54. The molecule has 0 radical (unpaired) electrons. The summed E-state index contributed by atoms with van der Waals surface area (Å²) >= 11 is 0. The fourth-order valence-corrected chi connectivity index (χ4v) is 1.16. The normalized spacial score (nSPS) is 12.1. The van der Waals surface area contributed by atoms with E-state index in [9.17, 15) is 4.79 Å². The van der Waals surface area contributed by atoms with E-state index in [4.69, 9.17) is 4.74 Å². The predicted octanol–water partition coefficient (Wildman–Crippen LogP) is 0.318. The fourth-order valence-electron chi connectivity index (χ4n) is 1.16. The fraction of sp³-hybridized carbons (Fsp3) is 0.400. The third kappa shape index (κ3) is 3.14. The molecule has 1 rings (SSSR count). The van der Waals surface area contributed by atoms with Crippen molar-refractivity contribution in [3.05, 3.63) is 30.1 Å². The Kier molecular flexibility index (Phi) is 4.07. The number of ether oxygens (including phenoxy) is 1. The van der Waals surface area contributed by atoms with E-state index in [-0.39, 0.29) is 12.0 Å². The van der Waals surface area contributed by atoms with Crippen molar-refractivity contribution in [3.8, 4) is 0 Å². The molecule has 0 bridgehead atoms. The Morgan fingerprint density at radius 1 is 1.71 bits per heavy atom. The number of esters is 1. The summed E-state index contributed by atoms with van der Waals surface area (Å²) in [6, 6.07) is 3.66. The van der Waals surface area contributed by atoms with Gasteiger partial charge in [-0.1, -0.05) is 6.07 Å². The van der Waals surface area contributed by atoms with Crippen molar-refractivity contribution in [2.75, 3.05) is 6.61 Å². The zero-order valence-electron chi connectivity index (χ0n) is 8.27. The molecular formula is C10H15N2O2+. The van der Waals surface area contributed by atoms with Gasteiger partial charge in [0.25, 0.3) is 0 Å². The Morgan fingerprint density at radius 2 is 2.50 bits per heavy atom. The van der Waals surface area contributed by atoms with Crippen LogP contribution in [-0.2, 0) is 9.53 Å². The lowest BCUT2D eigenvalue weighted by Gasteiger charge is -2.07. The van der Waals surface area contributed by atoms with E-state index in [0.717, 1.165) is 5.56 Å². The van der Waals surface area contributed by atoms with Gasteiger partial charge in [-0.3, -0.25) is 9.78 Å². The van der Waals surface area contributed by atoms with Crippen LogP contribution in [0.3, 0.4) is 0 Å². The first kappa shape index (κ1) is 10.7. The van der Waals surface area contributed by atoms with Crippen molar-refractivity contribution in [2.45, 2.75) is 19.4 Å². The second-order valence-corrected chi connectivity index (χ2v) is 2.99. The van der Waals surface area contributed by atoms with Crippen LogP contribution in [0.2, 0.25) is 0 Å². The first-order valence-electron chi connectivity index (χ1n) is 4.62. The Hall–Kier alpha value is -1.42. The predicted molar refractivity (Wildman–Crippen MR) is 51.1 cm³/mol. The van der Waals surface area contributed by atoms with Crippen LogP contribution in [0.4, 0.5) is 0 Å². The summed E-state index contributed by atoms with van der Waals surface area (Å²) in [5, 5.41) is 0. The highest BCUT2D eigenvalue weighted by Gasteiger charge is 2.15. The molecule has 0 aliphatic rings. The highest BCUT2D eigenvalue weighted by Crippen LogP contribution is 2.10. The van der Waals surface area contributed by atoms with Crippen molar-refractivity contribution in [2.24, 2.45) is 0 Å². The first-order valence-corrected chi connectivity index (χ1v) is 4.62. The van der Waals surface area contributed by atoms with Gasteiger partial charge in [0, 0.05) is 18.0 Å². The van der Waals surface area contributed by atoms with E-state index in [0.29, 0.717) is 13.0 Å². The van der Waals surface area contributed by atoms with Crippen LogP contribution in [-0.4, -0.2) is 17.6 Å². The van der Waals surface area contributed by atoms with Crippen LogP contribution >= 0.6 is 0 Å². The molecule has 1 atom stereocenters. The highest BCUT2D eigenvalue weighted by molar-refractivity contribution is 5.70. The molecule has 0 aliphatic heterocycles. The number of nitrogens with zero attached hydrogens (tertiary/aromatic N) is 1. The highest BCUT2D eigenvalue weighted by atomic mass is 16.5. The average molecular weight is 195 g/mol. The topological polar surface area (TPSA) is 66.8 Å². The van der Waals surface area contributed by atoms with E-state index in [1.54, 1.807) is 19.3 Å². The minimum absolute atomic E-state index is 0.0808. The van der Waals surface area contributed by atoms with E-state index >= 15 is 0 Å². The van der Waals surface area contributed by atoms with Crippen LogP contribution in [0.25, 0.3) is 0 Å². The number of hydrogen-bond donors (Lipinski definition) is 1. The number of aromatic nitrogens is 1. The molecule has 0 amide bonds. The summed E-state index contributed by atoms with van der Waals surface area (Å²) in [6.07, 6.45) is 3.72. The first-order chi connectivity index (χ1) is 6.74. The Bertz CT molecular complexity index is 287. The Morgan fingerprint density at radius 3 is 3.07 bits per heavy atom. The molecular weight excluding hydrogens is 180 g/mol. The summed E-state index contributed by atoms with van der Waals surface area (Å²) in [5.74, 6) is -0.212. The number of carbonyl (C=O) groups is 1. The standard InChI is InChI=1S/C10H14N2O2/c1-2-14-10(13)6-9(11)8-4-3-5-12-7-8/h3-5,7,9H,2,6,11H2,1H3/p+1/t9-/m0/s1. The summed E-state index contributed by atoms with van der Waals surface area (Å²) in [5.41, 5.74) is 4.85. The number of hydrogen-bond acceptors (Lipinski definition) is 3. The van der Waals surface area contributed by atoms with E-state index in [1.807, 2.05) is 12.1 Å². The van der Waals surface area contributed by atoms with Crippen molar-refractivity contribution in [1.29, 1.82) is 0 Å². The summed E-state index contributed by atoms with van der Waals surface area (Å²) in [6.45, 7) is 2.21.